The topological polar surface area (TPSA) is 55.1 Å². The Kier molecular flexibility index (Phi) is 3.22. The molecule has 1 N–H and O–H groups in total. The fraction of sp³-hybridized carbons (Fsp3) is 0.0909. The summed E-state index contributed by atoms with van der Waals surface area (Å²) in [7, 11) is 0. The molecule has 2 aromatic rings. The minimum absolute atomic E-state index is 0.0237. The third-order valence-electron chi connectivity index (χ3n) is 2.36. The highest BCUT2D eigenvalue weighted by Gasteiger charge is 2.15. The zero-order valence-corrected chi connectivity index (χ0v) is 11.2. The van der Waals surface area contributed by atoms with E-state index < -0.39 is 5.97 Å². The molecule has 2 rings (SSSR count). The average molecular weight is 316 g/mol. The molecule has 0 aliphatic heterocycles. The van der Waals surface area contributed by atoms with Crippen molar-refractivity contribution in [2.24, 2.45) is 0 Å². The summed E-state index contributed by atoms with van der Waals surface area (Å²) < 4.78 is 1.93. The lowest BCUT2D eigenvalue weighted by Gasteiger charge is -2.06. The largest absolute Gasteiger partial charge is 0.476 e. The van der Waals surface area contributed by atoms with E-state index in [0.29, 0.717) is 9.50 Å². The van der Waals surface area contributed by atoms with Gasteiger partial charge in [-0.25, -0.2) is 9.48 Å². The summed E-state index contributed by atoms with van der Waals surface area (Å²) >= 11 is 9.16. The van der Waals surface area contributed by atoms with Crippen molar-refractivity contribution in [1.29, 1.82) is 0 Å². The molecule has 0 atom stereocenters. The minimum atomic E-state index is -1.07. The van der Waals surface area contributed by atoms with Crippen LogP contribution in [0, 0.1) is 6.92 Å². The van der Waals surface area contributed by atoms with Crippen molar-refractivity contribution in [1.82, 2.24) is 9.78 Å². The predicted molar refractivity (Wildman–Crippen MR) is 68.0 cm³/mol. The number of carbonyl (C=O) groups is 1. The summed E-state index contributed by atoms with van der Waals surface area (Å²) in [5.41, 5.74) is 1.58. The van der Waals surface area contributed by atoms with Crippen molar-refractivity contribution in [2.45, 2.75) is 6.92 Å². The number of aromatic carboxylic acids is 1. The molecule has 0 saturated heterocycles. The third-order valence-corrected chi connectivity index (χ3v) is 3.35. The lowest BCUT2D eigenvalue weighted by Crippen LogP contribution is -2.02. The van der Waals surface area contributed by atoms with Crippen LogP contribution in [0.25, 0.3) is 5.69 Å². The number of aromatic nitrogens is 2. The van der Waals surface area contributed by atoms with Crippen molar-refractivity contribution in [3.63, 3.8) is 0 Å². The summed E-state index contributed by atoms with van der Waals surface area (Å²) in [6.07, 6.45) is 1.60. The van der Waals surface area contributed by atoms with Crippen LogP contribution >= 0.6 is 27.5 Å². The maximum Gasteiger partial charge on any atom is 0.357 e. The van der Waals surface area contributed by atoms with Crippen LogP contribution in [-0.4, -0.2) is 20.9 Å². The molecule has 88 valence electrons. The van der Waals surface area contributed by atoms with Crippen LogP contribution in [0.1, 0.15) is 16.1 Å². The SMILES string of the molecule is Cc1c(Cl)cccc1-n1cc(Br)c(C(=O)O)n1. The van der Waals surface area contributed by atoms with E-state index >= 15 is 0 Å². The van der Waals surface area contributed by atoms with Gasteiger partial charge in [0.1, 0.15) is 0 Å². The van der Waals surface area contributed by atoms with Gasteiger partial charge in [0, 0.05) is 11.2 Å². The van der Waals surface area contributed by atoms with Crippen LogP contribution in [0.3, 0.4) is 0 Å². The fourth-order valence-electron chi connectivity index (χ4n) is 1.47. The van der Waals surface area contributed by atoms with Crippen LogP contribution in [0.4, 0.5) is 0 Å². The molecule has 0 spiro atoms. The van der Waals surface area contributed by atoms with E-state index in [4.69, 9.17) is 16.7 Å². The van der Waals surface area contributed by atoms with E-state index in [1.165, 1.54) is 4.68 Å². The Bertz CT molecular complexity index is 595. The monoisotopic (exact) mass is 314 g/mol. The number of carboxylic acid groups (broad SMARTS) is 1. The van der Waals surface area contributed by atoms with Gasteiger partial charge in [0.05, 0.1) is 10.2 Å². The lowest BCUT2D eigenvalue weighted by atomic mass is 10.2. The van der Waals surface area contributed by atoms with E-state index in [2.05, 4.69) is 21.0 Å². The molecule has 0 aliphatic rings. The summed E-state index contributed by atoms with van der Waals surface area (Å²) in [6.45, 7) is 1.85. The molecule has 0 radical (unpaired) electrons. The lowest BCUT2D eigenvalue weighted by molar-refractivity contribution is 0.0689. The van der Waals surface area contributed by atoms with Gasteiger partial charge in [0.25, 0.3) is 0 Å². The normalized spacial score (nSPS) is 10.5. The zero-order chi connectivity index (χ0) is 12.6. The first-order valence-electron chi connectivity index (χ1n) is 4.74. The molecule has 4 nitrogen and oxygen atoms in total. The second kappa shape index (κ2) is 4.50. The molecule has 0 fully saturated rings. The van der Waals surface area contributed by atoms with E-state index in [0.717, 1.165) is 11.3 Å². The quantitative estimate of drug-likeness (QED) is 0.925. The smallest absolute Gasteiger partial charge is 0.357 e. The zero-order valence-electron chi connectivity index (χ0n) is 8.82. The number of benzene rings is 1. The molecule has 0 bridgehead atoms. The van der Waals surface area contributed by atoms with Gasteiger partial charge in [-0.1, -0.05) is 17.7 Å². The van der Waals surface area contributed by atoms with E-state index in [1.807, 2.05) is 13.0 Å². The van der Waals surface area contributed by atoms with Gasteiger partial charge in [-0.3, -0.25) is 0 Å². The van der Waals surface area contributed by atoms with E-state index in [9.17, 15) is 4.79 Å². The first-order valence-corrected chi connectivity index (χ1v) is 5.91. The van der Waals surface area contributed by atoms with Crippen molar-refractivity contribution < 1.29 is 9.90 Å². The van der Waals surface area contributed by atoms with Gasteiger partial charge < -0.3 is 5.11 Å². The van der Waals surface area contributed by atoms with Crippen LogP contribution in [0.15, 0.2) is 28.9 Å². The molecule has 0 saturated carbocycles. The van der Waals surface area contributed by atoms with Crippen LogP contribution in [-0.2, 0) is 0 Å². The van der Waals surface area contributed by atoms with Gasteiger partial charge in [0.2, 0.25) is 0 Å². The summed E-state index contributed by atoms with van der Waals surface area (Å²) in [5.74, 6) is -1.07. The highest BCUT2D eigenvalue weighted by Crippen LogP contribution is 2.24. The van der Waals surface area contributed by atoms with Crippen LogP contribution < -0.4 is 0 Å². The molecule has 6 heteroatoms. The molecular formula is C11H8BrClN2O2. The molecule has 0 unspecified atom stereocenters. The number of nitrogens with zero attached hydrogens (tertiary/aromatic N) is 2. The molecule has 1 aromatic carbocycles. The average Bonchev–Trinajstić information content (AvgIpc) is 2.64. The molecule has 17 heavy (non-hydrogen) atoms. The number of carboxylic acids is 1. The number of halogens is 2. The third kappa shape index (κ3) is 2.21. The van der Waals surface area contributed by atoms with Gasteiger partial charge in [0.15, 0.2) is 5.69 Å². The summed E-state index contributed by atoms with van der Waals surface area (Å²) in [4.78, 5) is 10.9. The second-order valence-corrected chi connectivity index (χ2v) is 4.72. The maximum atomic E-state index is 10.9. The standard InChI is InChI=1S/C11H8BrClN2O2/c1-6-8(13)3-2-4-9(6)15-5-7(12)10(14-15)11(16)17/h2-5H,1H3,(H,16,17). The molecule has 1 aromatic heterocycles. The van der Waals surface area contributed by atoms with Crippen molar-refractivity contribution in [2.75, 3.05) is 0 Å². The van der Waals surface area contributed by atoms with Gasteiger partial charge in [-0.15, -0.1) is 0 Å². The number of rotatable bonds is 2. The second-order valence-electron chi connectivity index (χ2n) is 3.46. The van der Waals surface area contributed by atoms with E-state index in [1.54, 1.807) is 18.3 Å². The Hall–Kier alpha value is -1.33. The fourth-order valence-corrected chi connectivity index (χ4v) is 2.08. The Morgan fingerprint density at radius 1 is 1.53 bits per heavy atom. The molecule has 0 aliphatic carbocycles. The van der Waals surface area contributed by atoms with Gasteiger partial charge in [-0.2, -0.15) is 5.10 Å². The van der Waals surface area contributed by atoms with Crippen molar-refractivity contribution in [3.8, 4) is 5.69 Å². The molecule has 1 heterocycles. The Morgan fingerprint density at radius 2 is 2.24 bits per heavy atom. The highest BCUT2D eigenvalue weighted by atomic mass is 79.9. The molecule has 0 amide bonds. The number of hydrogen-bond acceptors (Lipinski definition) is 2. The number of hydrogen-bond donors (Lipinski definition) is 1. The highest BCUT2D eigenvalue weighted by molar-refractivity contribution is 9.10. The first kappa shape index (κ1) is 12.1. The molecular weight excluding hydrogens is 307 g/mol. The van der Waals surface area contributed by atoms with Crippen molar-refractivity contribution >= 4 is 33.5 Å². The minimum Gasteiger partial charge on any atom is -0.476 e. The summed E-state index contributed by atoms with van der Waals surface area (Å²) in [5, 5.41) is 13.5. The maximum absolute atomic E-state index is 10.9. The Morgan fingerprint density at radius 3 is 2.82 bits per heavy atom. The van der Waals surface area contributed by atoms with Gasteiger partial charge in [-0.05, 0) is 40.5 Å². The Balaban J connectivity index is 2.58. The Labute approximate surface area is 111 Å². The van der Waals surface area contributed by atoms with E-state index in [-0.39, 0.29) is 5.69 Å². The first-order chi connectivity index (χ1) is 8.00. The van der Waals surface area contributed by atoms with Crippen LogP contribution in [0.2, 0.25) is 5.02 Å². The van der Waals surface area contributed by atoms with Crippen LogP contribution in [0.5, 0.6) is 0 Å². The van der Waals surface area contributed by atoms with Gasteiger partial charge >= 0.3 is 5.97 Å². The predicted octanol–water partition coefficient (Wildman–Crippen LogP) is 3.29. The van der Waals surface area contributed by atoms with Crippen molar-refractivity contribution in [3.05, 3.63) is 45.1 Å². The summed E-state index contributed by atoms with van der Waals surface area (Å²) in [6, 6.07) is 5.39.